The predicted molar refractivity (Wildman–Crippen MR) is 88.6 cm³/mol. The molecule has 114 valence electrons. The number of pyridine rings is 1. The molecule has 0 amide bonds. The summed E-state index contributed by atoms with van der Waals surface area (Å²) in [4.78, 5) is 6.64. The highest BCUT2D eigenvalue weighted by atomic mass is 35.5. The van der Waals surface area contributed by atoms with Crippen molar-refractivity contribution in [2.24, 2.45) is 5.92 Å². The Balaban J connectivity index is 2.80. The van der Waals surface area contributed by atoms with Crippen LogP contribution in [0.5, 0.6) is 0 Å². The van der Waals surface area contributed by atoms with Gasteiger partial charge in [-0.3, -0.25) is 0 Å². The second-order valence-electron chi connectivity index (χ2n) is 6.63. The summed E-state index contributed by atoms with van der Waals surface area (Å²) in [5.41, 5.74) is 1.18. The quantitative estimate of drug-likeness (QED) is 0.856. The van der Waals surface area contributed by atoms with Crippen LogP contribution in [0.15, 0.2) is 12.3 Å². The van der Waals surface area contributed by atoms with Crippen LogP contribution in [0.1, 0.15) is 46.6 Å². The number of hydrogen-bond acceptors (Lipinski definition) is 3. The summed E-state index contributed by atoms with van der Waals surface area (Å²) in [5.74, 6) is 1.65. The fraction of sp³-hybridized carbons (Fsp3) is 0.688. The lowest BCUT2D eigenvalue weighted by atomic mass is 10.1. The summed E-state index contributed by atoms with van der Waals surface area (Å²) >= 11 is 6.24. The highest BCUT2D eigenvalue weighted by Crippen LogP contribution is 2.21. The first-order valence-corrected chi connectivity index (χ1v) is 7.71. The molecule has 1 N–H and O–H groups in total. The van der Waals surface area contributed by atoms with Gasteiger partial charge in [-0.15, -0.1) is 0 Å². The highest BCUT2D eigenvalue weighted by Gasteiger charge is 2.13. The van der Waals surface area contributed by atoms with E-state index in [-0.39, 0.29) is 5.54 Å². The van der Waals surface area contributed by atoms with Crippen molar-refractivity contribution < 1.29 is 0 Å². The minimum Gasteiger partial charge on any atom is -0.359 e. The van der Waals surface area contributed by atoms with Crippen LogP contribution in [-0.2, 0) is 6.54 Å². The Labute approximate surface area is 128 Å². The Bertz CT molecular complexity index is 426. The molecule has 0 saturated heterocycles. The molecule has 4 heteroatoms. The molecule has 1 unspecified atom stereocenters. The number of aromatic nitrogens is 1. The van der Waals surface area contributed by atoms with Crippen molar-refractivity contribution in [2.75, 3.05) is 18.5 Å². The first-order chi connectivity index (χ1) is 9.23. The third-order valence-electron chi connectivity index (χ3n) is 3.40. The SMILES string of the molecule is CCC(C)CN(C)c1cc(CNC(C)(C)C)c(Cl)cn1. The van der Waals surface area contributed by atoms with Gasteiger partial charge in [0, 0.05) is 31.9 Å². The second kappa shape index (κ2) is 7.28. The van der Waals surface area contributed by atoms with Crippen LogP contribution < -0.4 is 10.2 Å². The van der Waals surface area contributed by atoms with Gasteiger partial charge in [0.2, 0.25) is 0 Å². The van der Waals surface area contributed by atoms with E-state index < -0.39 is 0 Å². The molecule has 0 bridgehead atoms. The third kappa shape index (κ3) is 5.68. The standard InChI is InChI=1S/C16H28ClN3/c1-7-12(2)11-20(6)15-8-13(14(17)10-18-15)9-19-16(3,4)5/h8,10,12,19H,7,9,11H2,1-6H3. The lowest BCUT2D eigenvalue weighted by Gasteiger charge is -2.24. The van der Waals surface area contributed by atoms with Crippen molar-refractivity contribution in [3.05, 3.63) is 22.8 Å². The van der Waals surface area contributed by atoms with Gasteiger partial charge in [0.1, 0.15) is 5.82 Å². The molecular weight excluding hydrogens is 270 g/mol. The fourth-order valence-electron chi connectivity index (χ4n) is 1.86. The average molecular weight is 298 g/mol. The zero-order valence-corrected chi connectivity index (χ0v) is 14.4. The smallest absolute Gasteiger partial charge is 0.128 e. The molecule has 1 rings (SSSR count). The molecule has 0 saturated carbocycles. The summed E-state index contributed by atoms with van der Waals surface area (Å²) in [7, 11) is 2.09. The molecule has 1 heterocycles. The average Bonchev–Trinajstić information content (AvgIpc) is 2.36. The van der Waals surface area contributed by atoms with Crippen LogP contribution in [0.3, 0.4) is 0 Å². The Morgan fingerprint density at radius 1 is 1.40 bits per heavy atom. The van der Waals surface area contributed by atoms with Gasteiger partial charge in [0.15, 0.2) is 0 Å². The maximum Gasteiger partial charge on any atom is 0.128 e. The number of anilines is 1. The molecule has 20 heavy (non-hydrogen) atoms. The molecular formula is C16H28ClN3. The van der Waals surface area contributed by atoms with Crippen molar-refractivity contribution in [3.8, 4) is 0 Å². The molecule has 1 atom stereocenters. The van der Waals surface area contributed by atoms with Gasteiger partial charge in [-0.25, -0.2) is 4.98 Å². The Hall–Kier alpha value is -0.800. The molecule has 3 nitrogen and oxygen atoms in total. The molecule has 0 spiro atoms. The maximum atomic E-state index is 6.24. The van der Waals surface area contributed by atoms with E-state index in [0.29, 0.717) is 5.92 Å². The molecule has 0 aliphatic carbocycles. The summed E-state index contributed by atoms with van der Waals surface area (Å²) < 4.78 is 0. The largest absolute Gasteiger partial charge is 0.359 e. The van der Waals surface area contributed by atoms with E-state index in [0.717, 1.165) is 29.5 Å². The Kier molecular flexibility index (Phi) is 6.28. The van der Waals surface area contributed by atoms with Gasteiger partial charge in [-0.2, -0.15) is 0 Å². The van der Waals surface area contributed by atoms with Crippen molar-refractivity contribution in [1.82, 2.24) is 10.3 Å². The van der Waals surface area contributed by atoms with Gasteiger partial charge in [0.25, 0.3) is 0 Å². The van der Waals surface area contributed by atoms with Gasteiger partial charge in [0.05, 0.1) is 5.02 Å². The summed E-state index contributed by atoms with van der Waals surface area (Å²) in [6.45, 7) is 12.7. The highest BCUT2D eigenvalue weighted by molar-refractivity contribution is 6.31. The fourth-order valence-corrected chi connectivity index (χ4v) is 2.03. The Morgan fingerprint density at radius 3 is 2.60 bits per heavy atom. The number of halogens is 1. The monoisotopic (exact) mass is 297 g/mol. The number of nitrogens with zero attached hydrogens (tertiary/aromatic N) is 2. The van der Waals surface area contributed by atoms with Gasteiger partial charge in [-0.05, 0) is 38.3 Å². The Morgan fingerprint density at radius 2 is 2.05 bits per heavy atom. The van der Waals surface area contributed by atoms with Crippen molar-refractivity contribution in [2.45, 2.75) is 53.1 Å². The second-order valence-corrected chi connectivity index (χ2v) is 7.04. The number of hydrogen-bond donors (Lipinski definition) is 1. The van der Waals surface area contributed by atoms with Crippen LogP contribution in [0.25, 0.3) is 0 Å². The maximum absolute atomic E-state index is 6.24. The van der Waals surface area contributed by atoms with Crippen LogP contribution in [0, 0.1) is 5.92 Å². The molecule has 1 aromatic heterocycles. The van der Waals surface area contributed by atoms with E-state index in [1.807, 2.05) is 0 Å². The molecule has 0 radical (unpaired) electrons. The summed E-state index contributed by atoms with van der Waals surface area (Å²) in [6.07, 6.45) is 2.93. The van der Waals surface area contributed by atoms with Crippen LogP contribution in [0.2, 0.25) is 5.02 Å². The van der Waals surface area contributed by atoms with Crippen molar-refractivity contribution in [1.29, 1.82) is 0 Å². The van der Waals surface area contributed by atoms with E-state index in [4.69, 9.17) is 11.6 Å². The van der Waals surface area contributed by atoms with Gasteiger partial charge < -0.3 is 10.2 Å². The first-order valence-electron chi connectivity index (χ1n) is 7.33. The van der Waals surface area contributed by atoms with E-state index in [9.17, 15) is 0 Å². The predicted octanol–water partition coefficient (Wildman–Crippen LogP) is 4.11. The minimum atomic E-state index is 0.0788. The third-order valence-corrected chi connectivity index (χ3v) is 3.74. The van der Waals surface area contributed by atoms with E-state index in [1.54, 1.807) is 6.20 Å². The van der Waals surface area contributed by atoms with Crippen LogP contribution in [-0.4, -0.2) is 24.1 Å². The molecule has 0 aliphatic heterocycles. The number of nitrogens with one attached hydrogen (secondary N) is 1. The van der Waals surface area contributed by atoms with Crippen molar-refractivity contribution in [3.63, 3.8) is 0 Å². The molecule has 1 aromatic rings. The first kappa shape index (κ1) is 17.3. The van der Waals surface area contributed by atoms with Crippen LogP contribution in [0.4, 0.5) is 5.82 Å². The van der Waals surface area contributed by atoms with Gasteiger partial charge in [-0.1, -0.05) is 31.9 Å². The van der Waals surface area contributed by atoms with E-state index >= 15 is 0 Å². The zero-order valence-electron chi connectivity index (χ0n) is 13.6. The van der Waals surface area contributed by atoms with Crippen LogP contribution >= 0.6 is 11.6 Å². The normalized spacial score (nSPS) is 13.3. The summed E-state index contributed by atoms with van der Waals surface area (Å²) in [6, 6.07) is 2.09. The molecule has 0 fully saturated rings. The van der Waals surface area contributed by atoms with Gasteiger partial charge >= 0.3 is 0 Å². The molecule has 0 aromatic carbocycles. The minimum absolute atomic E-state index is 0.0788. The summed E-state index contributed by atoms with van der Waals surface area (Å²) in [5, 5.41) is 4.19. The lowest BCUT2D eigenvalue weighted by molar-refractivity contribution is 0.424. The van der Waals surface area contributed by atoms with E-state index in [1.165, 1.54) is 6.42 Å². The van der Waals surface area contributed by atoms with E-state index in [2.05, 4.69) is 62.9 Å². The number of rotatable bonds is 6. The topological polar surface area (TPSA) is 28.2 Å². The van der Waals surface area contributed by atoms with Crippen molar-refractivity contribution >= 4 is 17.4 Å². The zero-order chi connectivity index (χ0) is 15.3. The molecule has 0 aliphatic rings. The lowest BCUT2D eigenvalue weighted by Crippen LogP contribution is -2.35.